The van der Waals surface area contributed by atoms with Crippen LogP contribution in [0.2, 0.25) is 0 Å². The zero-order valence-corrected chi connectivity index (χ0v) is 13.0. The van der Waals surface area contributed by atoms with Gasteiger partial charge >= 0.3 is 0 Å². The van der Waals surface area contributed by atoms with E-state index in [1.165, 1.54) is 5.56 Å². The molecule has 0 spiro atoms. The van der Waals surface area contributed by atoms with Gasteiger partial charge < -0.3 is 4.74 Å². The molecule has 0 atom stereocenters. The van der Waals surface area contributed by atoms with Crippen molar-refractivity contribution in [1.82, 2.24) is 0 Å². The van der Waals surface area contributed by atoms with E-state index in [0.717, 1.165) is 53.7 Å². The van der Waals surface area contributed by atoms with E-state index in [4.69, 9.17) is 4.74 Å². The summed E-state index contributed by atoms with van der Waals surface area (Å²) in [6.07, 6.45) is 3.66. The largest absolute Gasteiger partial charge is 0.456 e. The van der Waals surface area contributed by atoms with Crippen LogP contribution < -0.4 is 4.74 Å². The van der Waals surface area contributed by atoms with Gasteiger partial charge in [0.2, 0.25) is 0 Å². The number of aldehydes is 1. The van der Waals surface area contributed by atoms with Crippen LogP contribution in [0, 0.1) is 6.92 Å². The molecule has 21 heavy (non-hydrogen) atoms. The van der Waals surface area contributed by atoms with Crippen molar-refractivity contribution in [2.45, 2.75) is 40.0 Å². The summed E-state index contributed by atoms with van der Waals surface area (Å²) >= 11 is 0. The Morgan fingerprint density at radius 3 is 2.52 bits per heavy atom. The van der Waals surface area contributed by atoms with Crippen LogP contribution in [0.5, 0.6) is 11.5 Å². The molecule has 0 amide bonds. The Morgan fingerprint density at radius 2 is 1.86 bits per heavy atom. The molecule has 0 saturated carbocycles. The van der Waals surface area contributed by atoms with Crippen LogP contribution in [-0.2, 0) is 12.8 Å². The van der Waals surface area contributed by atoms with Crippen LogP contribution in [0.1, 0.15) is 47.3 Å². The molecule has 2 aromatic carbocycles. The summed E-state index contributed by atoms with van der Waals surface area (Å²) < 4.78 is 6.20. The van der Waals surface area contributed by atoms with E-state index in [-0.39, 0.29) is 0 Å². The van der Waals surface area contributed by atoms with Crippen molar-refractivity contribution >= 4 is 6.29 Å². The van der Waals surface area contributed by atoms with Gasteiger partial charge in [0.25, 0.3) is 0 Å². The Balaban J connectivity index is 2.47. The number of carbonyl (C=O) groups excluding carboxylic acids is 1. The van der Waals surface area contributed by atoms with Crippen molar-refractivity contribution in [3.8, 4) is 11.5 Å². The maximum atomic E-state index is 11.2. The average Bonchev–Trinajstić information content (AvgIpc) is 2.51. The molecule has 0 saturated heterocycles. The molecule has 0 aromatic heterocycles. The van der Waals surface area contributed by atoms with E-state index < -0.39 is 0 Å². The third-order valence-corrected chi connectivity index (χ3v) is 3.68. The molecule has 110 valence electrons. The standard InChI is InChI=1S/C19H22O2/c1-4-8-17-16(13-20)11-7-12-18(17)21-19-14(3)9-6-10-15(19)5-2/h6-7,9-13H,4-5,8H2,1-3H3. The van der Waals surface area contributed by atoms with E-state index in [1.807, 2.05) is 18.2 Å². The van der Waals surface area contributed by atoms with Crippen molar-refractivity contribution in [2.24, 2.45) is 0 Å². The molecule has 0 heterocycles. The smallest absolute Gasteiger partial charge is 0.150 e. The molecule has 0 bridgehead atoms. The monoisotopic (exact) mass is 282 g/mol. The minimum Gasteiger partial charge on any atom is -0.456 e. The number of para-hydroxylation sites is 1. The zero-order valence-electron chi connectivity index (χ0n) is 13.0. The number of hydrogen-bond acceptors (Lipinski definition) is 2. The quantitative estimate of drug-likeness (QED) is 0.688. The zero-order chi connectivity index (χ0) is 15.2. The molecule has 2 heteroatoms. The van der Waals surface area contributed by atoms with Crippen LogP contribution in [0.25, 0.3) is 0 Å². The van der Waals surface area contributed by atoms with Gasteiger partial charge in [-0.2, -0.15) is 0 Å². The van der Waals surface area contributed by atoms with Crippen LogP contribution in [0.4, 0.5) is 0 Å². The first-order valence-corrected chi connectivity index (χ1v) is 7.54. The first-order valence-electron chi connectivity index (χ1n) is 7.54. The van der Waals surface area contributed by atoms with Crippen LogP contribution >= 0.6 is 0 Å². The fourth-order valence-electron chi connectivity index (χ4n) is 2.55. The second-order valence-corrected chi connectivity index (χ2v) is 5.21. The molecule has 2 aromatic rings. The van der Waals surface area contributed by atoms with Gasteiger partial charge in [0.15, 0.2) is 0 Å². The van der Waals surface area contributed by atoms with Gasteiger partial charge in [0.1, 0.15) is 17.8 Å². The van der Waals surface area contributed by atoms with Crippen LogP contribution in [0.3, 0.4) is 0 Å². The van der Waals surface area contributed by atoms with Crippen molar-refractivity contribution in [3.05, 3.63) is 58.7 Å². The van der Waals surface area contributed by atoms with Gasteiger partial charge in [-0.1, -0.05) is 50.6 Å². The summed E-state index contributed by atoms with van der Waals surface area (Å²) in [5.74, 6) is 1.71. The number of benzene rings is 2. The lowest BCUT2D eigenvalue weighted by Gasteiger charge is -2.16. The van der Waals surface area contributed by atoms with E-state index in [1.54, 1.807) is 0 Å². The molecule has 0 aliphatic rings. The second-order valence-electron chi connectivity index (χ2n) is 5.21. The van der Waals surface area contributed by atoms with E-state index >= 15 is 0 Å². The third-order valence-electron chi connectivity index (χ3n) is 3.68. The van der Waals surface area contributed by atoms with Crippen molar-refractivity contribution in [1.29, 1.82) is 0 Å². The molecule has 0 aliphatic carbocycles. The normalized spacial score (nSPS) is 10.4. The first kappa shape index (κ1) is 15.3. The lowest BCUT2D eigenvalue weighted by molar-refractivity contribution is 0.112. The lowest BCUT2D eigenvalue weighted by Crippen LogP contribution is -1.99. The summed E-state index contributed by atoms with van der Waals surface area (Å²) in [5, 5.41) is 0. The summed E-state index contributed by atoms with van der Waals surface area (Å²) in [5.41, 5.74) is 4.03. The summed E-state index contributed by atoms with van der Waals surface area (Å²) in [6, 6.07) is 11.9. The Labute approximate surface area is 126 Å². The minimum absolute atomic E-state index is 0.723. The molecule has 0 unspecified atom stereocenters. The predicted molar refractivity (Wildman–Crippen MR) is 86.5 cm³/mol. The average molecular weight is 282 g/mol. The highest BCUT2D eigenvalue weighted by Gasteiger charge is 2.12. The predicted octanol–water partition coefficient (Wildman–Crippen LogP) is 5.11. The van der Waals surface area contributed by atoms with Crippen molar-refractivity contribution in [3.63, 3.8) is 0 Å². The molecule has 0 fully saturated rings. The SMILES string of the molecule is CCCc1c(C=O)cccc1Oc1c(C)cccc1CC. The Kier molecular flexibility index (Phi) is 5.15. The first-order chi connectivity index (χ1) is 10.2. The van der Waals surface area contributed by atoms with Gasteiger partial charge in [-0.25, -0.2) is 0 Å². The highest BCUT2D eigenvalue weighted by atomic mass is 16.5. The summed E-state index contributed by atoms with van der Waals surface area (Å²) in [4.78, 5) is 11.2. The number of hydrogen-bond donors (Lipinski definition) is 0. The highest BCUT2D eigenvalue weighted by Crippen LogP contribution is 2.33. The van der Waals surface area contributed by atoms with Gasteiger partial charge in [-0.15, -0.1) is 0 Å². The lowest BCUT2D eigenvalue weighted by atomic mass is 10.0. The van der Waals surface area contributed by atoms with Gasteiger partial charge in [0, 0.05) is 11.1 Å². The molecule has 0 N–H and O–H groups in total. The fraction of sp³-hybridized carbons (Fsp3) is 0.316. The number of rotatable bonds is 6. The molecule has 0 radical (unpaired) electrons. The second kappa shape index (κ2) is 7.07. The number of ether oxygens (including phenoxy) is 1. The fourth-order valence-corrected chi connectivity index (χ4v) is 2.55. The molecular formula is C19H22O2. The number of carbonyl (C=O) groups is 1. The summed E-state index contributed by atoms with van der Waals surface area (Å²) in [7, 11) is 0. The van der Waals surface area contributed by atoms with Crippen molar-refractivity contribution < 1.29 is 9.53 Å². The van der Waals surface area contributed by atoms with Crippen LogP contribution in [-0.4, -0.2) is 6.29 Å². The maximum Gasteiger partial charge on any atom is 0.150 e. The molecular weight excluding hydrogens is 260 g/mol. The Morgan fingerprint density at radius 1 is 1.10 bits per heavy atom. The van der Waals surface area contributed by atoms with Gasteiger partial charge in [-0.05, 0) is 37.0 Å². The number of aryl methyl sites for hydroxylation is 2. The van der Waals surface area contributed by atoms with Gasteiger partial charge in [0.05, 0.1) is 0 Å². The highest BCUT2D eigenvalue weighted by molar-refractivity contribution is 5.78. The van der Waals surface area contributed by atoms with E-state index in [9.17, 15) is 4.79 Å². The molecule has 2 nitrogen and oxygen atoms in total. The maximum absolute atomic E-state index is 11.2. The van der Waals surface area contributed by atoms with E-state index in [0.29, 0.717) is 0 Å². The van der Waals surface area contributed by atoms with Gasteiger partial charge in [-0.3, -0.25) is 4.79 Å². The Hall–Kier alpha value is -2.09. The topological polar surface area (TPSA) is 26.3 Å². The Bertz CT molecular complexity index is 629. The molecule has 0 aliphatic heterocycles. The third kappa shape index (κ3) is 3.33. The van der Waals surface area contributed by atoms with E-state index in [2.05, 4.69) is 39.0 Å². The summed E-state index contributed by atoms with van der Waals surface area (Å²) in [6.45, 7) is 6.28. The minimum atomic E-state index is 0.723. The van der Waals surface area contributed by atoms with Crippen molar-refractivity contribution in [2.75, 3.05) is 0 Å². The van der Waals surface area contributed by atoms with Crippen LogP contribution in [0.15, 0.2) is 36.4 Å². The molecule has 2 rings (SSSR count).